The summed E-state index contributed by atoms with van der Waals surface area (Å²) < 4.78 is 19.3. The minimum atomic E-state index is -0.372. The number of benzene rings is 1. The first-order valence-electron chi connectivity index (χ1n) is 8.03. The molecule has 1 saturated carbocycles. The average Bonchev–Trinajstić information content (AvgIpc) is 3.24. The molecule has 1 aliphatic heterocycles. The van der Waals surface area contributed by atoms with E-state index in [4.69, 9.17) is 16.3 Å². The van der Waals surface area contributed by atoms with Gasteiger partial charge in [0.05, 0.1) is 17.5 Å². The molecule has 1 aliphatic carbocycles. The maximum Gasteiger partial charge on any atom is 0.225 e. The molecule has 23 heavy (non-hydrogen) atoms. The number of halogens is 2. The van der Waals surface area contributed by atoms with E-state index >= 15 is 0 Å². The van der Waals surface area contributed by atoms with E-state index < -0.39 is 0 Å². The normalized spacial score (nSPS) is 24.8. The van der Waals surface area contributed by atoms with Crippen LogP contribution in [0.5, 0.6) is 0 Å². The highest BCUT2D eigenvalue weighted by Crippen LogP contribution is 2.28. The van der Waals surface area contributed by atoms with Crippen LogP contribution >= 0.6 is 11.6 Å². The summed E-state index contributed by atoms with van der Waals surface area (Å²) in [4.78, 5) is 14.5. The number of nitrogens with zero attached hydrogens (tertiary/aromatic N) is 1. The van der Waals surface area contributed by atoms with Crippen LogP contribution < -0.4 is 5.32 Å². The van der Waals surface area contributed by atoms with Crippen molar-refractivity contribution in [1.82, 2.24) is 10.2 Å². The monoisotopic (exact) mass is 340 g/mol. The molecule has 1 aromatic carbocycles. The molecule has 0 aromatic heterocycles. The van der Waals surface area contributed by atoms with Crippen LogP contribution in [0.2, 0.25) is 5.02 Å². The van der Waals surface area contributed by atoms with Crippen LogP contribution in [-0.4, -0.2) is 43.7 Å². The number of ether oxygens (including phenoxy) is 1. The molecule has 0 unspecified atom stereocenters. The SMILES string of the molecule is COC[C@@H]1CN(Cc2cccc(Cl)c2F)C[C@H]1C(=O)NC1CC1. The van der Waals surface area contributed by atoms with E-state index in [2.05, 4.69) is 10.2 Å². The molecule has 3 rings (SSSR count). The Morgan fingerprint density at radius 3 is 2.91 bits per heavy atom. The third-order valence-electron chi connectivity index (χ3n) is 4.58. The smallest absolute Gasteiger partial charge is 0.225 e. The fourth-order valence-electron chi connectivity index (χ4n) is 3.22. The van der Waals surface area contributed by atoms with Gasteiger partial charge in [-0.25, -0.2) is 4.39 Å². The van der Waals surface area contributed by atoms with Crippen LogP contribution in [0.1, 0.15) is 18.4 Å². The van der Waals surface area contributed by atoms with Gasteiger partial charge < -0.3 is 10.1 Å². The van der Waals surface area contributed by atoms with E-state index in [1.807, 2.05) is 0 Å². The molecule has 1 amide bonds. The number of carbonyl (C=O) groups excluding carboxylic acids is 1. The molecular formula is C17H22ClFN2O2. The van der Waals surface area contributed by atoms with E-state index in [9.17, 15) is 9.18 Å². The number of hydrogen-bond donors (Lipinski definition) is 1. The minimum absolute atomic E-state index is 0.0993. The van der Waals surface area contributed by atoms with E-state index in [1.165, 1.54) is 0 Å². The van der Waals surface area contributed by atoms with Crippen LogP contribution in [-0.2, 0) is 16.1 Å². The second-order valence-corrected chi connectivity index (χ2v) is 6.92. The van der Waals surface area contributed by atoms with Crippen molar-refractivity contribution in [3.63, 3.8) is 0 Å². The Morgan fingerprint density at radius 2 is 2.22 bits per heavy atom. The fourth-order valence-corrected chi connectivity index (χ4v) is 3.41. The van der Waals surface area contributed by atoms with Crippen LogP contribution in [0.3, 0.4) is 0 Å². The summed E-state index contributed by atoms with van der Waals surface area (Å²) in [7, 11) is 1.65. The molecule has 0 radical (unpaired) electrons. The van der Waals surface area contributed by atoms with Gasteiger partial charge in [-0.15, -0.1) is 0 Å². The molecule has 2 aliphatic rings. The fraction of sp³-hybridized carbons (Fsp3) is 0.588. The Hall–Kier alpha value is -1.17. The quantitative estimate of drug-likeness (QED) is 0.865. The third kappa shape index (κ3) is 4.03. The molecule has 2 atom stereocenters. The van der Waals surface area contributed by atoms with Gasteiger partial charge in [-0.1, -0.05) is 23.7 Å². The zero-order valence-corrected chi connectivity index (χ0v) is 14.0. The number of hydrogen-bond acceptors (Lipinski definition) is 3. The largest absolute Gasteiger partial charge is 0.384 e. The van der Waals surface area contributed by atoms with Gasteiger partial charge >= 0.3 is 0 Å². The summed E-state index contributed by atoms with van der Waals surface area (Å²) in [6.07, 6.45) is 2.15. The van der Waals surface area contributed by atoms with Gasteiger partial charge in [0, 0.05) is 44.3 Å². The van der Waals surface area contributed by atoms with Crippen molar-refractivity contribution in [1.29, 1.82) is 0 Å². The van der Waals surface area contributed by atoms with Crippen molar-refractivity contribution < 1.29 is 13.9 Å². The molecule has 1 heterocycles. The average molecular weight is 341 g/mol. The van der Waals surface area contributed by atoms with Crippen LogP contribution in [0.15, 0.2) is 18.2 Å². The lowest BCUT2D eigenvalue weighted by Crippen LogP contribution is -2.37. The zero-order chi connectivity index (χ0) is 16.4. The van der Waals surface area contributed by atoms with Crippen molar-refractivity contribution in [2.75, 3.05) is 26.8 Å². The molecule has 1 saturated heterocycles. The summed E-state index contributed by atoms with van der Waals surface area (Å²) >= 11 is 5.84. The predicted molar refractivity (Wildman–Crippen MR) is 86.7 cm³/mol. The van der Waals surface area contributed by atoms with Gasteiger partial charge in [-0.2, -0.15) is 0 Å². The summed E-state index contributed by atoms with van der Waals surface area (Å²) in [6, 6.07) is 5.39. The number of amides is 1. The van der Waals surface area contributed by atoms with Crippen molar-refractivity contribution in [3.8, 4) is 0 Å². The molecule has 2 fully saturated rings. The van der Waals surface area contributed by atoms with E-state index in [1.54, 1.807) is 25.3 Å². The minimum Gasteiger partial charge on any atom is -0.384 e. The second kappa shape index (κ2) is 7.16. The Kier molecular flexibility index (Phi) is 5.19. The number of rotatable bonds is 6. The van der Waals surface area contributed by atoms with Gasteiger partial charge in [-0.05, 0) is 18.9 Å². The Balaban J connectivity index is 1.66. The number of methoxy groups -OCH3 is 1. The highest BCUT2D eigenvalue weighted by molar-refractivity contribution is 6.30. The molecule has 126 valence electrons. The highest BCUT2D eigenvalue weighted by Gasteiger charge is 2.39. The topological polar surface area (TPSA) is 41.6 Å². The number of likely N-dealkylation sites (tertiary alicyclic amines) is 1. The van der Waals surface area contributed by atoms with Crippen molar-refractivity contribution >= 4 is 17.5 Å². The Bertz CT molecular complexity index is 580. The van der Waals surface area contributed by atoms with Crippen molar-refractivity contribution in [2.45, 2.75) is 25.4 Å². The van der Waals surface area contributed by atoms with Crippen LogP contribution in [0.4, 0.5) is 4.39 Å². The lowest BCUT2D eigenvalue weighted by atomic mass is 9.96. The maximum absolute atomic E-state index is 14.1. The molecular weight excluding hydrogens is 319 g/mol. The number of nitrogens with one attached hydrogen (secondary N) is 1. The third-order valence-corrected chi connectivity index (χ3v) is 4.88. The van der Waals surface area contributed by atoms with Crippen molar-refractivity contribution in [3.05, 3.63) is 34.6 Å². The predicted octanol–water partition coefficient (Wildman–Crippen LogP) is 2.45. The van der Waals surface area contributed by atoms with Gasteiger partial charge in [0.1, 0.15) is 5.82 Å². The molecule has 1 aromatic rings. The van der Waals surface area contributed by atoms with Crippen molar-refractivity contribution in [2.24, 2.45) is 11.8 Å². The maximum atomic E-state index is 14.1. The van der Waals surface area contributed by atoms with E-state index in [0.717, 1.165) is 19.4 Å². The summed E-state index contributed by atoms with van der Waals surface area (Å²) in [5, 5.41) is 3.21. The molecule has 4 nitrogen and oxygen atoms in total. The van der Waals surface area contributed by atoms with Gasteiger partial charge in [0.2, 0.25) is 5.91 Å². The molecule has 0 bridgehead atoms. The molecule has 1 N–H and O–H groups in total. The lowest BCUT2D eigenvalue weighted by molar-refractivity contribution is -0.126. The van der Waals surface area contributed by atoms with Gasteiger partial charge in [0.25, 0.3) is 0 Å². The van der Waals surface area contributed by atoms with Crippen LogP contribution in [0.25, 0.3) is 0 Å². The highest BCUT2D eigenvalue weighted by atomic mass is 35.5. The van der Waals surface area contributed by atoms with Gasteiger partial charge in [0.15, 0.2) is 0 Å². The standard InChI is InChI=1S/C17H22ClFN2O2/c1-23-10-12-8-21(7-11-3-2-4-15(18)16(11)19)9-14(12)17(22)20-13-5-6-13/h2-4,12-14H,5-10H2,1H3,(H,20,22)/t12-,14+/m0/s1. The lowest BCUT2D eigenvalue weighted by Gasteiger charge is -2.17. The van der Waals surface area contributed by atoms with Gasteiger partial charge in [-0.3, -0.25) is 9.69 Å². The van der Waals surface area contributed by atoms with E-state index in [-0.39, 0.29) is 28.6 Å². The first-order chi connectivity index (χ1) is 11.1. The summed E-state index contributed by atoms with van der Waals surface area (Å²) in [5.41, 5.74) is 0.567. The first-order valence-corrected chi connectivity index (χ1v) is 8.41. The molecule has 6 heteroatoms. The number of carbonyl (C=O) groups is 1. The first kappa shape index (κ1) is 16.7. The summed E-state index contributed by atoms with van der Waals surface area (Å²) in [5.74, 6) is -0.231. The molecule has 0 spiro atoms. The Morgan fingerprint density at radius 1 is 1.43 bits per heavy atom. The zero-order valence-electron chi connectivity index (χ0n) is 13.2. The summed E-state index contributed by atoms with van der Waals surface area (Å²) in [6.45, 7) is 2.35. The van der Waals surface area contributed by atoms with Crippen LogP contribution in [0, 0.1) is 17.7 Å². The van der Waals surface area contributed by atoms with E-state index in [0.29, 0.717) is 31.3 Å². The Labute approximate surface area is 140 Å². The second-order valence-electron chi connectivity index (χ2n) is 6.51.